The Morgan fingerprint density at radius 2 is 1.78 bits per heavy atom. The molecule has 0 N–H and O–H groups in total. The second-order valence-corrected chi connectivity index (χ2v) is 9.10. The van der Waals surface area contributed by atoms with E-state index in [0.29, 0.717) is 13.0 Å². The molecule has 3 heteroatoms. The van der Waals surface area contributed by atoms with Gasteiger partial charge in [0.1, 0.15) is 12.4 Å². The number of rotatable bonds is 6. The highest BCUT2D eigenvalue weighted by Gasteiger charge is 2.14. The van der Waals surface area contributed by atoms with E-state index in [9.17, 15) is 0 Å². The first-order valence-electron chi connectivity index (χ1n) is 10.7. The van der Waals surface area contributed by atoms with Crippen molar-refractivity contribution in [1.29, 1.82) is 5.26 Å². The molecule has 1 aromatic heterocycles. The summed E-state index contributed by atoms with van der Waals surface area (Å²) in [7, 11) is 0. The van der Waals surface area contributed by atoms with Crippen LogP contribution in [0.2, 0.25) is 0 Å². The van der Waals surface area contributed by atoms with E-state index in [0.717, 1.165) is 16.9 Å². The number of nitriles is 1. The summed E-state index contributed by atoms with van der Waals surface area (Å²) in [5.74, 6) is 6.79. The van der Waals surface area contributed by atoms with Gasteiger partial charge in [-0.3, -0.25) is 0 Å². The third-order valence-electron chi connectivity index (χ3n) is 5.64. The van der Waals surface area contributed by atoms with Crippen LogP contribution in [0.25, 0.3) is 21.2 Å². The van der Waals surface area contributed by atoms with Gasteiger partial charge in [-0.05, 0) is 67.3 Å². The van der Waals surface area contributed by atoms with Gasteiger partial charge in [0, 0.05) is 20.5 Å². The zero-order chi connectivity index (χ0) is 22.5. The maximum Gasteiger partial charge on any atom is 0.119 e. The van der Waals surface area contributed by atoms with Crippen LogP contribution in [0, 0.1) is 37.0 Å². The summed E-state index contributed by atoms with van der Waals surface area (Å²) >= 11 is 1.84. The van der Waals surface area contributed by atoms with E-state index in [-0.39, 0.29) is 5.92 Å². The number of ether oxygens (including phenoxy) is 1. The zero-order valence-corrected chi connectivity index (χ0v) is 19.4. The molecule has 158 valence electrons. The molecular formula is C29H25NOS. The summed E-state index contributed by atoms with van der Waals surface area (Å²) < 4.78 is 7.37. The van der Waals surface area contributed by atoms with Crippen molar-refractivity contribution in [3.8, 4) is 34.8 Å². The molecule has 0 aliphatic heterocycles. The van der Waals surface area contributed by atoms with E-state index >= 15 is 0 Å². The van der Waals surface area contributed by atoms with Gasteiger partial charge in [0.05, 0.1) is 18.4 Å². The maximum absolute atomic E-state index is 9.03. The fourth-order valence-corrected chi connectivity index (χ4v) is 5.08. The van der Waals surface area contributed by atoms with Crippen molar-refractivity contribution < 1.29 is 4.74 Å². The summed E-state index contributed by atoms with van der Waals surface area (Å²) in [6, 6.07) is 25.3. The summed E-state index contributed by atoms with van der Waals surface area (Å²) in [4.78, 5) is 1.34. The molecule has 0 radical (unpaired) electrons. The molecule has 0 saturated carbocycles. The predicted molar refractivity (Wildman–Crippen MR) is 134 cm³/mol. The Morgan fingerprint density at radius 1 is 1.00 bits per heavy atom. The number of nitrogens with zero attached hydrogens (tertiary/aromatic N) is 1. The Morgan fingerprint density at radius 3 is 2.50 bits per heavy atom. The van der Waals surface area contributed by atoms with Crippen molar-refractivity contribution >= 4 is 21.4 Å². The monoisotopic (exact) mass is 435 g/mol. The van der Waals surface area contributed by atoms with Gasteiger partial charge >= 0.3 is 0 Å². The Hall–Kier alpha value is -3.53. The highest BCUT2D eigenvalue weighted by atomic mass is 32.1. The van der Waals surface area contributed by atoms with E-state index in [2.05, 4.69) is 74.2 Å². The summed E-state index contributed by atoms with van der Waals surface area (Å²) in [5, 5.41) is 10.3. The van der Waals surface area contributed by atoms with Gasteiger partial charge in [0.25, 0.3) is 0 Å². The second-order valence-electron chi connectivity index (χ2n) is 7.85. The van der Waals surface area contributed by atoms with Crippen molar-refractivity contribution in [1.82, 2.24) is 0 Å². The van der Waals surface area contributed by atoms with Gasteiger partial charge in [-0.1, -0.05) is 48.4 Å². The second kappa shape index (κ2) is 9.73. The molecule has 0 unspecified atom stereocenters. The zero-order valence-electron chi connectivity index (χ0n) is 18.6. The molecule has 1 atom stereocenters. The summed E-state index contributed by atoms with van der Waals surface area (Å²) in [5.41, 5.74) is 6.11. The number of benzene rings is 3. The first kappa shape index (κ1) is 21.7. The van der Waals surface area contributed by atoms with Crippen LogP contribution < -0.4 is 4.74 Å². The minimum absolute atomic E-state index is 0.0526. The summed E-state index contributed by atoms with van der Waals surface area (Å²) in [6.07, 6.45) is 0.393. The van der Waals surface area contributed by atoms with E-state index in [4.69, 9.17) is 10.00 Å². The van der Waals surface area contributed by atoms with Gasteiger partial charge in [-0.15, -0.1) is 17.3 Å². The van der Waals surface area contributed by atoms with Crippen molar-refractivity contribution in [3.63, 3.8) is 0 Å². The highest BCUT2D eigenvalue weighted by molar-refractivity contribution is 7.19. The van der Waals surface area contributed by atoms with Crippen LogP contribution in [0.3, 0.4) is 0 Å². The highest BCUT2D eigenvalue weighted by Crippen LogP contribution is 2.40. The molecule has 3 aromatic carbocycles. The number of thiophene rings is 1. The molecule has 0 aliphatic carbocycles. The van der Waals surface area contributed by atoms with E-state index in [1.54, 1.807) is 6.92 Å². The summed E-state index contributed by atoms with van der Waals surface area (Å²) in [6.45, 7) is 6.68. The van der Waals surface area contributed by atoms with E-state index in [1.165, 1.54) is 31.7 Å². The normalized spacial score (nSPS) is 11.4. The topological polar surface area (TPSA) is 33.0 Å². The average Bonchev–Trinajstić information content (AvgIpc) is 3.13. The van der Waals surface area contributed by atoms with Gasteiger partial charge < -0.3 is 4.74 Å². The fraction of sp³-hybridized carbons (Fsp3) is 0.207. The molecule has 0 amide bonds. The lowest BCUT2D eigenvalue weighted by molar-refractivity contribution is 0.306. The number of hydrogen-bond acceptors (Lipinski definition) is 3. The van der Waals surface area contributed by atoms with Crippen LogP contribution in [-0.4, -0.2) is 0 Å². The van der Waals surface area contributed by atoms with Crippen LogP contribution in [0.5, 0.6) is 5.75 Å². The standard InChI is InChI=1S/C29H25NOS/c1-4-7-23(16-17-30)24-11-13-25(14-12-24)31-19-22-10-15-28-27(18-22)29(21(3)32-28)26-9-6-5-8-20(26)2/h5-6,8-15,18,23H,16,19H2,1-3H3/t23-/m0/s1. The fourth-order valence-electron chi connectivity index (χ4n) is 4.03. The third-order valence-corrected chi connectivity index (χ3v) is 6.73. The van der Waals surface area contributed by atoms with Gasteiger partial charge in [0.2, 0.25) is 0 Å². The van der Waals surface area contributed by atoms with Crippen molar-refractivity contribution in [2.24, 2.45) is 0 Å². The van der Waals surface area contributed by atoms with Crippen LogP contribution in [-0.2, 0) is 6.61 Å². The van der Waals surface area contributed by atoms with Crippen molar-refractivity contribution in [2.75, 3.05) is 0 Å². The van der Waals surface area contributed by atoms with Crippen molar-refractivity contribution in [2.45, 2.75) is 39.7 Å². The SMILES string of the molecule is CC#C[C@@H](CC#N)c1ccc(OCc2ccc3sc(C)c(-c4ccccc4C)c3c2)cc1. The molecule has 0 bridgehead atoms. The van der Waals surface area contributed by atoms with Crippen molar-refractivity contribution in [3.05, 3.63) is 88.3 Å². The number of fused-ring (bicyclic) bond motifs is 1. The molecule has 4 aromatic rings. The Labute approximate surface area is 194 Å². The smallest absolute Gasteiger partial charge is 0.119 e. The maximum atomic E-state index is 9.03. The first-order chi connectivity index (χ1) is 15.6. The lowest BCUT2D eigenvalue weighted by Crippen LogP contribution is -1.97. The third kappa shape index (κ3) is 4.54. The minimum Gasteiger partial charge on any atom is -0.489 e. The van der Waals surface area contributed by atoms with Crippen LogP contribution >= 0.6 is 11.3 Å². The van der Waals surface area contributed by atoms with Crippen LogP contribution in [0.15, 0.2) is 66.7 Å². The predicted octanol–water partition coefficient (Wildman–Crippen LogP) is 7.78. The first-order valence-corrected chi connectivity index (χ1v) is 11.5. The molecule has 4 rings (SSSR count). The lowest BCUT2D eigenvalue weighted by atomic mass is 9.97. The van der Waals surface area contributed by atoms with Crippen LogP contribution in [0.4, 0.5) is 0 Å². The van der Waals surface area contributed by atoms with Gasteiger partial charge in [0.15, 0.2) is 0 Å². The van der Waals surface area contributed by atoms with Gasteiger partial charge in [-0.25, -0.2) is 0 Å². The van der Waals surface area contributed by atoms with Gasteiger partial charge in [-0.2, -0.15) is 5.26 Å². The molecule has 1 heterocycles. The molecule has 0 saturated heterocycles. The molecule has 2 nitrogen and oxygen atoms in total. The Kier molecular flexibility index (Phi) is 6.60. The Bertz CT molecular complexity index is 1350. The molecular weight excluding hydrogens is 410 g/mol. The Balaban J connectivity index is 1.55. The largest absolute Gasteiger partial charge is 0.489 e. The number of hydrogen-bond donors (Lipinski definition) is 0. The average molecular weight is 436 g/mol. The molecule has 0 aliphatic rings. The molecule has 32 heavy (non-hydrogen) atoms. The quantitative estimate of drug-likeness (QED) is 0.290. The number of aryl methyl sites for hydroxylation is 2. The molecule has 0 spiro atoms. The van der Waals surface area contributed by atoms with Crippen LogP contribution in [0.1, 0.15) is 40.8 Å². The minimum atomic E-state index is -0.0526. The molecule has 0 fully saturated rings. The lowest BCUT2D eigenvalue weighted by Gasteiger charge is -2.11. The van der Waals surface area contributed by atoms with E-state index in [1.807, 2.05) is 35.6 Å². The van der Waals surface area contributed by atoms with E-state index < -0.39 is 0 Å².